The highest BCUT2D eigenvalue weighted by atomic mass is 32.1. The standard InChI is InChI=1S/C32H38N2O5S/c1-22(2)23-10-12-24(13-11-23)39-21-28-26-15-18-40-30(26)14-16-34(28)31(35)20-33(19-25-7-6-17-38-25)32(36)27-8-4-5-9-29(27)37-3/h4-5,8-13,15,18,22,25,28H,6-7,14,16-17,19-21H2,1-3H3/t25-,28-/m1/s1. The largest absolute Gasteiger partial charge is 0.496 e. The number of hydrogen-bond acceptors (Lipinski definition) is 6. The summed E-state index contributed by atoms with van der Waals surface area (Å²) in [5.74, 6) is 1.40. The Balaban J connectivity index is 1.35. The molecule has 212 valence electrons. The molecule has 1 aromatic heterocycles. The third kappa shape index (κ3) is 6.34. The Morgan fingerprint density at radius 2 is 1.93 bits per heavy atom. The fourth-order valence-corrected chi connectivity index (χ4v) is 6.43. The summed E-state index contributed by atoms with van der Waals surface area (Å²) in [6.07, 6.45) is 2.55. The van der Waals surface area contributed by atoms with Crippen LogP contribution in [0.1, 0.15) is 65.0 Å². The molecular weight excluding hydrogens is 524 g/mol. The van der Waals surface area contributed by atoms with Crippen molar-refractivity contribution >= 4 is 23.2 Å². The van der Waals surface area contributed by atoms with Crippen molar-refractivity contribution in [2.75, 3.05) is 40.0 Å². The Labute approximate surface area is 240 Å². The normalized spacial score (nSPS) is 18.4. The van der Waals surface area contributed by atoms with Crippen LogP contribution < -0.4 is 9.47 Å². The molecule has 0 N–H and O–H groups in total. The van der Waals surface area contributed by atoms with Gasteiger partial charge in [0.25, 0.3) is 5.91 Å². The van der Waals surface area contributed by atoms with Crippen molar-refractivity contribution in [3.63, 3.8) is 0 Å². The van der Waals surface area contributed by atoms with Crippen LogP contribution in [0.25, 0.3) is 0 Å². The number of benzene rings is 2. The molecule has 8 heteroatoms. The summed E-state index contributed by atoms with van der Waals surface area (Å²) in [6, 6.07) is 17.2. The molecule has 0 radical (unpaired) electrons. The zero-order valence-corrected chi connectivity index (χ0v) is 24.3. The minimum absolute atomic E-state index is 0.0319. The average molecular weight is 563 g/mol. The van der Waals surface area contributed by atoms with Crippen LogP contribution in [-0.2, 0) is 16.0 Å². The van der Waals surface area contributed by atoms with Gasteiger partial charge in [0.1, 0.15) is 24.7 Å². The number of hydrogen-bond donors (Lipinski definition) is 0. The van der Waals surface area contributed by atoms with Gasteiger partial charge in [0.15, 0.2) is 0 Å². The summed E-state index contributed by atoms with van der Waals surface area (Å²) in [5, 5.41) is 2.08. The van der Waals surface area contributed by atoms with Crippen LogP contribution in [-0.4, -0.2) is 67.7 Å². The van der Waals surface area contributed by atoms with Crippen LogP contribution in [0.15, 0.2) is 60.0 Å². The van der Waals surface area contributed by atoms with Gasteiger partial charge < -0.3 is 24.0 Å². The molecule has 7 nitrogen and oxygen atoms in total. The highest BCUT2D eigenvalue weighted by Gasteiger charge is 2.35. The second-order valence-electron chi connectivity index (χ2n) is 10.7. The molecule has 0 spiro atoms. The van der Waals surface area contributed by atoms with Crippen molar-refractivity contribution < 1.29 is 23.8 Å². The van der Waals surface area contributed by atoms with E-state index in [1.54, 1.807) is 35.5 Å². The van der Waals surface area contributed by atoms with Crippen molar-refractivity contribution in [1.82, 2.24) is 9.80 Å². The molecule has 1 fully saturated rings. The first kappa shape index (κ1) is 28.2. The quantitative estimate of drug-likeness (QED) is 0.317. The Morgan fingerprint density at radius 1 is 1.12 bits per heavy atom. The zero-order valence-electron chi connectivity index (χ0n) is 23.5. The van der Waals surface area contributed by atoms with E-state index in [9.17, 15) is 9.59 Å². The highest BCUT2D eigenvalue weighted by molar-refractivity contribution is 7.10. The van der Waals surface area contributed by atoms with E-state index in [0.717, 1.165) is 30.6 Å². The van der Waals surface area contributed by atoms with Gasteiger partial charge in [-0.1, -0.05) is 38.1 Å². The number of nitrogens with zero attached hydrogens (tertiary/aromatic N) is 2. The molecule has 0 aliphatic carbocycles. The Morgan fingerprint density at radius 3 is 2.65 bits per heavy atom. The fraction of sp³-hybridized carbons (Fsp3) is 0.438. The summed E-state index contributed by atoms with van der Waals surface area (Å²) in [7, 11) is 1.55. The lowest BCUT2D eigenvalue weighted by Crippen LogP contribution is -2.49. The Bertz CT molecular complexity index is 1300. The maximum absolute atomic E-state index is 14.0. The SMILES string of the molecule is COc1ccccc1C(=O)N(CC(=O)N1CCc2sccc2[C@H]1COc1ccc(C(C)C)cc1)C[C@H]1CCCO1. The number of carbonyl (C=O) groups excluding carboxylic acids is 2. The molecule has 3 aromatic rings. The van der Waals surface area contributed by atoms with E-state index in [-0.39, 0.29) is 30.5 Å². The fourth-order valence-electron chi connectivity index (χ4n) is 5.50. The van der Waals surface area contributed by atoms with E-state index in [1.165, 1.54) is 10.4 Å². The minimum atomic E-state index is -0.229. The number of amides is 2. The number of thiophene rings is 1. The molecule has 2 amide bonds. The maximum Gasteiger partial charge on any atom is 0.258 e. The van der Waals surface area contributed by atoms with Crippen LogP contribution in [0, 0.1) is 0 Å². The predicted molar refractivity (Wildman–Crippen MR) is 156 cm³/mol. The van der Waals surface area contributed by atoms with Crippen LogP contribution in [0.3, 0.4) is 0 Å². The minimum Gasteiger partial charge on any atom is -0.496 e. The lowest BCUT2D eigenvalue weighted by molar-refractivity contribution is -0.135. The average Bonchev–Trinajstić information content (AvgIpc) is 3.67. The summed E-state index contributed by atoms with van der Waals surface area (Å²) in [5.41, 5.74) is 2.83. The number of carbonyl (C=O) groups is 2. The van der Waals surface area contributed by atoms with Crippen LogP contribution >= 0.6 is 11.3 Å². The summed E-state index contributed by atoms with van der Waals surface area (Å²) < 4.78 is 17.6. The number of rotatable bonds is 10. The highest BCUT2D eigenvalue weighted by Crippen LogP contribution is 2.34. The van der Waals surface area contributed by atoms with Gasteiger partial charge in [0, 0.05) is 24.6 Å². The second-order valence-corrected chi connectivity index (χ2v) is 11.7. The summed E-state index contributed by atoms with van der Waals surface area (Å²) in [4.78, 5) is 32.5. The van der Waals surface area contributed by atoms with E-state index in [2.05, 4.69) is 37.4 Å². The monoisotopic (exact) mass is 562 g/mol. The predicted octanol–water partition coefficient (Wildman–Crippen LogP) is 5.71. The van der Waals surface area contributed by atoms with Gasteiger partial charge in [-0.25, -0.2) is 0 Å². The van der Waals surface area contributed by atoms with E-state index < -0.39 is 0 Å². The lowest BCUT2D eigenvalue weighted by atomic mass is 10.00. The maximum atomic E-state index is 14.0. The number of ether oxygens (including phenoxy) is 3. The molecule has 2 aliphatic rings. The van der Waals surface area contributed by atoms with Gasteiger partial charge in [-0.05, 0) is 72.0 Å². The first-order chi connectivity index (χ1) is 19.4. The molecular formula is C32H38N2O5S. The van der Waals surface area contributed by atoms with Crippen molar-refractivity contribution in [2.24, 2.45) is 0 Å². The molecule has 0 bridgehead atoms. The molecule has 3 heterocycles. The van der Waals surface area contributed by atoms with E-state index in [4.69, 9.17) is 14.2 Å². The zero-order chi connectivity index (χ0) is 28.1. The van der Waals surface area contributed by atoms with Crippen molar-refractivity contribution in [1.29, 1.82) is 0 Å². The Hall–Kier alpha value is -3.36. The van der Waals surface area contributed by atoms with Crippen molar-refractivity contribution in [2.45, 2.75) is 51.2 Å². The number of methoxy groups -OCH3 is 1. The molecule has 40 heavy (non-hydrogen) atoms. The van der Waals surface area contributed by atoms with Gasteiger partial charge in [-0.15, -0.1) is 11.3 Å². The molecule has 2 aliphatic heterocycles. The summed E-state index contributed by atoms with van der Waals surface area (Å²) >= 11 is 1.72. The molecule has 2 atom stereocenters. The van der Waals surface area contributed by atoms with Crippen molar-refractivity contribution in [3.8, 4) is 11.5 Å². The second kappa shape index (κ2) is 12.9. The van der Waals surface area contributed by atoms with Crippen LogP contribution in [0.2, 0.25) is 0 Å². The summed E-state index contributed by atoms with van der Waals surface area (Å²) in [6.45, 7) is 6.28. The molecule has 1 saturated heterocycles. The third-order valence-corrected chi connectivity index (χ3v) is 8.77. The van der Waals surface area contributed by atoms with Gasteiger partial charge in [0.05, 0.1) is 24.8 Å². The molecule has 5 rings (SSSR count). The van der Waals surface area contributed by atoms with E-state index in [1.807, 2.05) is 29.2 Å². The van der Waals surface area contributed by atoms with Gasteiger partial charge in [0.2, 0.25) is 5.91 Å². The van der Waals surface area contributed by atoms with Crippen LogP contribution in [0.5, 0.6) is 11.5 Å². The first-order valence-corrected chi connectivity index (χ1v) is 14.9. The molecule has 0 saturated carbocycles. The molecule has 0 unspecified atom stereocenters. The van der Waals surface area contributed by atoms with Gasteiger partial charge >= 0.3 is 0 Å². The lowest BCUT2D eigenvalue weighted by Gasteiger charge is -2.37. The van der Waals surface area contributed by atoms with Crippen LogP contribution in [0.4, 0.5) is 0 Å². The molecule has 2 aromatic carbocycles. The van der Waals surface area contributed by atoms with Crippen molar-refractivity contribution in [3.05, 3.63) is 81.5 Å². The van der Waals surface area contributed by atoms with E-state index >= 15 is 0 Å². The van der Waals surface area contributed by atoms with E-state index in [0.29, 0.717) is 43.5 Å². The van der Waals surface area contributed by atoms with Gasteiger partial charge in [-0.2, -0.15) is 0 Å². The smallest absolute Gasteiger partial charge is 0.258 e. The first-order valence-electron chi connectivity index (χ1n) is 14.1. The van der Waals surface area contributed by atoms with Gasteiger partial charge in [-0.3, -0.25) is 9.59 Å². The number of para-hydroxylation sites is 1. The Kier molecular flexibility index (Phi) is 9.07. The number of fused-ring (bicyclic) bond motifs is 1. The third-order valence-electron chi connectivity index (χ3n) is 7.77. The topological polar surface area (TPSA) is 68.3 Å².